The van der Waals surface area contributed by atoms with Gasteiger partial charge in [0.15, 0.2) is 5.75 Å². The minimum atomic E-state index is -0.815. The number of amides is 1. The van der Waals surface area contributed by atoms with E-state index in [1.807, 2.05) is 19.9 Å². The highest BCUT2D eigenvalue weighted by Crippen LogP contribution is 2.32. The Labute approximate surface area is 278 Å². The highest BCUT2D eigenvalue weighted by Gasteiger charge is 2.36. The van der Waals surface area contributed by atoms with Gasteiger partial charge in [-0.15, -0.1) is 0 Å². The van der Waals surface area contributed by atoms with Crippen LogP contribution in [0.25, 0.3) is 0 Å². The first kappa shape index (κ1) is 42.4. The summed E-state index contributed by atoms with van der Waals surface area (Å²) in [6.07, 6.45) is 7.11. The van der Waals surface area contributed by atoms with Crippen molar-refractivity contribution >= 4 is 29.5 Å². The van der Waals surface area contributed by atoms with Gasteiger partial charge in [0.05, 0.1) is 17.7 Å². The van der Waals surface area contributed by atoms with Crippen molar-refractivity contribution in [3.05, 3.63) is 52.8 Å². The monoisotopic (exact) mass is 671 g/mol. The van der Waals surface area contributed by atoms with E-state index in [2.05, 4.69) is 30.4 Å². The first-order valence-electron chi connectivity index (χ1n) is 15.7. The number of halogens is 3. The van der Waals surface area contributed by atoms with E-state index in [0.717, 1.165) is 31.3 Å². The third kappa shape index (κ3) is 17.1. The molecule has 4 rings (SSSR count). The second kappa shape index (κ2) is 24.6. The number of alkyl halides is 1. The third-order valence-corrected chi connectivity index (χ3v) is 7.45. The van der Waals surface area contributed by atoms with Crippen molar-refractivity contribution in [1.82, 2.24) is 9.62 Å². The molecule has 1 unspecified atom stereocenters. The number of aromatic hydroxyl groups is 1. The molecule has 2 fully saturated rings. The quantitative estimate of drug-likeness (QED) is 0.213. The lowest BCUT2D eigenvalue weighted by Crippen LogP contribution is -2.48. The number of nitrogens with zero attached hydrogens (tertiary/aromatic N) is 2. The number of phenolic OH excluding ortho intramolecular Hbond substituents is 1. The summed E-state index contributed by atoms with van der Waals surface area (Å²) < 4.78 is 37.5. The summed E-state index contributed by atoms with van der Waals surface area (Å²) in [7, 11) is 1.55. The van der Waals surface area contributed by atoms with Gasteiger partial charge >= 0.3 is 0 Å². The van der Waals surface area contributed by atoms with Crippen molar-refractivity contribution in [2.24, 2.45) is 0 Å². The molecule has 0 spiro atoms. The predicted molar refractivity (Wildman–Crippen MR) is 181 cm³/mol. The number of hydrogen-bond donors (Lipinski definition) is 2. The molecule has 1 atom stereocenters. The summed E-state index contributed by atoms with van der Waals surface area (Å²) in [6.45, 7) is 15.3. The number of nitrogens with one attached hydrogen (secondary N) is 1. The molecule has 11 heteroatoms. The predicted octanol–water partition coefficient (Wildman–Crippen LogP) is 9.11. The molecule has 0 bridgehead atoms. The SMILES string of the molecule is CC.CC1(C(=O)NSc2cc(Cl)c(O)c(C#N)c2)CCCCO1.CCC.CCCCCN1CC(F)C1.COc1ccc(F)cc1. The summed E-state index contributed by atoms with van der Waals surface area (Å²) in [4.78, 5) is 14.9. The minimum absolute atomic E-state index is 0.0689. The molecular formula is C34H52ClF2N3O4S. The van der Waals surface area contributed by atoms with E-state index in [4.69, 9.17) is 26.3 Å². The molecule has 2 aromatic rings. The second-order valence-corrected chi connectivity index (χ2v) is 11.7. The Balaban J connectivity index is 0.000000670. The van der Waals surface area contributed by atoms with Gasteiger partial charge in [-0.05, 0) is 87.5 Å². The number of nitriles is 1. The molecule has 1 amide bonds. The Morgan fingerprint density at radius 1 is 1.20 bits per heavy atom. The molecule has 45 heavy (non-hydrogen) atoms. The number of ether oxygens (including phenoxy) is 2. The van der Waals surface area contributed by atoms with Gasteiger partial charge in [-0.3, -0.25) is 14.4 Å². The van der Waals surface area contributed by atoms with E-state index in [9.17, 15) is 18.7 Å². The molecule has 0 saturated carbocycles. The number of unbranched alkanes of at least 4 members (excludes halogenated alkanes) is 2. The molecule has 0 aromatic heterocycles. The van der Waals surface area contributed by atoms with Gasteiger partial charge in [-0.1, -0.05) is 65.5 Å². The minimum Gasteiger partial charge on any atom is -0.505 e. The Kier molecular flexibility index (Phi) is 23.2. The van der Waals surface area contributed by atoms with Gasteiger partial charge in [0.2, 0.25) is 0 Å². The second-order valence-electron chi connectivity index (χ2n) is 10.4. The van der Waals surface area contributed by atoms with Crippen molar-refractivity contribution in [2.75, 3.05) is 33.4 Å². The van der Waals surface area contributed by atoms with E-state index in [1.165, 1.54) is 49.9 Å². The molecule has 2 saturated heterocycles. The number of rotatable bonds is 8. The van der Waals surface area contributed by atoms with Crippen LogP contribution in [0.3, 0.4) is 0 Å². The number of phenols is 1. The first-order valence-corrected chi connectivity index (χ1v) is 16.9. The van der Waals surface area contributed by atoms with Crippen LogP contribution in [-0.4, -0.2) is 61.0 Å². The first-order chi connectivity index (χ1) is 21.5. The van der Waals surface area contributed by atoms with Gasteiger partial charge in [0.1, 0.15) is 29.4 Å². The van der Waals surface area contributed by atoms with Crippen LogP contribution >= 0.6 is 23.5 Å². The molecule has 7 nitrogen and oxygen atoms in total. The van der Waals surface area contributed by atoms with E-state index in [-0.39, 0.29) is 28.1 Å². The summed E-state index contributed by atoms with van der Waals surface area (Å²) in [5, 5.41) is 18.6. The molecule has 0 radical (unpaired) electrons. The lowest BCUT2D eigenvalue weighted by atomic mass is 9.95. The summed E-state index contributed by atoms with van der Waals surface area (Å²) in [6, 6.07) is 10.7. The van der Waals surface area contributed by atoms with Crippen molar-refractivity contribution in [3.8, 4) is 17.6 Å². The topological polar surface area (TPSA) is 94.8 Å². The van der Waals surface area contributed by atoms with Crippen LogP contribution in [0.2, 0.25) is 5.02 Å². The van der Waals surface area contributed by atoms with Crippen LogP contribution in [0.5, 0.6) is 11.5 Å². The number of hydrogen-bond acceptors (Lipinski definition) is 7. The molecule has 2 aliphatic heterocycles. The van der Waals surface area contributed by atoms with Crippen LogP contribution in [0.15, 0.2) is 41.3 Å². The van der Waals surface area contributed by atoms with Crippen LogP contribution in [0.4, 0.5) is 8.78 Å². The lowest BCUT2D eigenvalue weighted by molar-refractivity contribution is -0.148. The molecule has 2 N–H and O–H groups in total. The molecule has 2 aromatic carbocycles. The van der Waals surface area contributed by atoms with Gasteiger partial charge in [0.25, 0.3) is 5.91 Å². The number of carbonyl (C=O) groups excluding carboxylic acids is 1. The Morgan fingerprint density at radius 3 is 2.31 bits per heavy atom. The zero-order valence-electron chi connectivity index (χ0n) is 27.9. The summed E-state index contributed by atoms with van der Waals surface area (Å²) >= 11 is 6.88. The molecule has 2 heterocycles. The zero-order valence-corrected chi connectivity index (χ0v) is 29.5. The Hall–Kier alpha value is -2.58. The average Bonchev–Trinajstić information content (AvgIpc) is 3.03. The van der Waals surface area contributed by atoms with E-state index in [1.54, 1.807) is 26.2 Å². The van der Waals surface area contributed by atoms with E-state index in [0.29, 0.717) is 36.8 Å². The maximum Gasteiger partial charge on any atom is 0.262 e. The smallest absolute Gasteiger partial charge is 0.262 e. The van der Waals surface area contributed by atoms with Crippen LogP contribution in [0.1, 0.15) is 92.1 Å². The van der Waals surface area contributed by atoms with E-state index >= 15 is 0 Å². The molecular weight excluding hydrogens is 620 g/mol. The average molecular weight is 672 g/mol. The van der Waals surface area contributed by atoms with Crippen LogP contribution in [-0.2, 0) is 9.53 Å². The Morgan fingerprint density at radius 2 is 1.82 bits per heavy atom. The fraction of sp³-hybridized carbons (Fsp3) is 0.588. The number of likely N-dealkylation sites (tertiary alicyclic amines) is 1. The summed E-state index contributed by atoms with van der Waals surface area (Å²) in [5.74, 6) is -0.0282. The number of methoxy groups -OCH3 is 1. The maximum atomic E-state index is 12.2. The fourth-order valence-electron chi connectivity index (χ4n) is 3.89. The van der Waals surface area contributed by atoms with Gasteiger partial charge < -0.3 is 14.6 Å². The zero-order chi connectivity index (χ0) is 34.3. The van der Waals surface area contributed by atoms with Crippen molar-refractivity contribution in [2.45, 2.75) is 103 Å². The number of benzene rings is 2. The highest BCUT2D eigenvalue weighted by atomic mass is 35.5. The number of carbonyl (C=O) groups is 1. The molecule has 254 valence electrons. The largest absolute Gasteiger partial charge is 0.505 e. The molecule has 0 aliphatic carbocycles. The Bertz CT molecular complexity index is 1120. The normalized spacial score (nSPS) is 17.1. The standard InChI is InChI=1S/C14H15ClN2O3S.C8H16FN.C7H7FO.C3H8.C2H6/c1-14(4-2-3-5-20-14)13(19)17-21-10-6-9(8-16)12(18)11(15)7-10;1-2-3-4-5-10-6-8(9)7-10;1-9-7-4-2-6(8)3-5-7;1-3-2;1-2/h6-7,18H,2-5H2,1H3,(H,17,19);8H,2-7H2,1H3;2-5H,1H3;3H2,1-2H3;1-2H3. The fourth-order valence-corrected chi connectivity index (χ4v) is 4.95. The van der Waals surface area contributed by atoms with Crippen molar-refractivity contribution < 1.29 is 28.2 Å². The maximum absolute atomic E-state index is 12.2. The van der Waals surface area contributed by atoms with Crippen LogP contribution < -0.4 is 9.46 Å². The highest BCUT2D eigenvalue weighted by molar-refractivity contribution is 7.98. The van der Waals surface area contributed by atoms with E-state index < -0.39 is 11.8 Å². The summed E-state index contributed by atoms with van der Waals surface area (Å²) in [5.41, 5.74) is -0.747. The lowest BCUT2D eigenvalue weighted by Gasteiger charge is -2.34. The van der Waals surface area contributed by atoms with Crippen LogP contribution in [0, 0.1) is 17.1 Å². The molecule has 2 aliphatic rings. The van der Waals surface area contributed by atoms with Gasteiger partial charge in [-0.25, -0.2) is 8.78 Å². The van der Waals surface area contributed by atoms with Crippen molar-refractivity contribution in [1.29, 1.82) is 5.26 Å². The van der Waals surface area contributed by atoms with Crippen molar-refractivity contribution in [3.63, 3.8) is 0 Å². The van der Waals surface area contributed by atoms with Gasteiger partial charge in [-0.2, -0.15) is 5.26 Å². The van der Waals surface area contributed by atoms with Gasteiger partial charge in [0, 0.05) is 24.6 Å². The third-order valence-electron chi connectivity index (χ3n) is 6.41.